The number of halogens is 1. The fraction of sp³-hybridized carbons (Fsp3) is 0.250. The Morgan fingerprint density at radius 2 is 2.09 bits per heavy atom. The van der Waals surface area contributed by atoms with Crippen LogP contribution in [0.3, 0.4) is 0 Å². The summed E-state index contributed by atoms with van der Waals surface area (Å²) in [4.78, 5) is 18.9. The van der Waals surface area contributed by atoms with E-state index in [1.165, 1.54) is 7.11 Å². The molecular weight excluding hydrogens is 320 g/mol. The van der Waals surface area contributed by atoms with E-state index in [-0.39, 0.29) is 12.0 Å². The summed E-state index contributed by atoms with van der Waals surface area (Å²) in [5.41, 5.74) is 3.09. The first kappa shape index (κ1) is 15.2. The van der Waals surface area contributed by atoms with Crippen LogP contribution in [0.15, 0.2) is 51.6 Å². The lowest BCUT2D eigenvalue weighted by atomic mass is 9.94. The zero-order valence-electron chi connectivity index (χ0n) is 12.5. The lowest BCUT2D eigenvalue weighted by Crippen LogP contribution is -2.36. The van der Waals surface area contributed by atoms with Gasteiger partial charge in [0.1, 0.15) is 0 Å². The normalized spacial score (nSPS) is 20.5. The average Bonchev–Trinajstić information content (AvgIpc) is 2.87. The highest BCUT2D eigenvalue weighted by Crippen LogP contribution is 2.45. The number of nitrogens with zero attached hydrogens (tertiary/aromatic N) is 2. The minimum Gasteiger partial charge on any atom is -0.466 e. The molecule has 114 valence electrons. The highest BCUT2D eigenvalue weighted by Gasteiger charge is 2.40. The molecule has 0 aromatic heterocycles. The van der Waals surface area contributed by atoms with Crippen LogP contribution in [0.1, 0.15) is 25.5 Å². The number of hydrogen-bond acceptors (Lipinski definition) is 5. The largest absolute Gasteiger partial charge is 0.466 e. The van der Waals surface area contributed by atoms with E-state index in [9.17, 15) is 4.79 Å². The van der Waals surface area contributed by atoms with E-state index >= 15 is 0 Å². The standard InChI is InChI=1S/C16H15ClN2O2S/c1-9-8-22-16-18-10(2)13(15(20)21-3)14(19(9)16)11-6-4-5-7-12(11)17/h4-8,14H,1-3H3. The number of ether oxygens (including phenoxy) is 1. The van der Waals surface area contributed by atoms with Gasteiger partial charge in [0, 0.05) is 10.7 Å². The SMILES string of the molecule is COC(=O)C1=C(C)N=C2SC=C(C)N2C1c1ccccc1Cl. The number of hydrogen-bond donors (Lipinski definition) is 0. The van der Waals surface area contributed by atoms with Crippen LogP contribution in [0.2, 0.25) is 5.02 Å². The molecule has 1 aromatic rings. The monoisotopic (exact) mass is 334 g/mol. The lowest BCUT2D eigenvalue weighted by Gasteiger charge is -2.35. The number of thioether (sulfide) groups is 1. The second-order valence-electron chi connectivity index (χ2n) is 5.06. The fourth-order valence-electron chi connectivity index (χ4n) is 2.69. The van der Waals surface area contributed by atoms with Gasteiger partial charge in [-0.3, -0.25) is 0 Å². The van der Waals surface area contributed by atoms with Gasteiger partial charge in [0.05, 0.1) is 24.4 Å². The Labute approximate surface area is 138 Å². The summed E-state index contributed by atoms with van der Waals surface area (Å²) in [6.07, 6.45) is 0. The summed E-state index contributed by atoms with van der Waals surface area (Å²) in [6.45, 7) is 3.82. The van der Waals surface area contributed by atoms with Crippen molar-refractivity contribution in [3.63, 3.8) is 0 Å². The first-order chi connectivity index (χ1) is 10.5. The second kappa shape index (κ2) is 5.82. The topological polar surface area (TPSA) is 41.9 Å². The predicted octanol–water partition coefficient (Wildman–Crippen LogP) is 4.11. The Morgan fingerprint density at radius 1 is 1.36 bits per heavy atom. The van der Waals surface area contributed by atoms with Gasteiger partial charge in [-0.2, -0.15) is 0 Å². The Kier molecular flexibility index (Phi) is 4.02. The number of esters is 1. The molecule has 0 fully saturated rings. The fourth-order valence-corrected chi connectivity index (χ4v) is 3.87. The quantitative estimate of drug-likeness (QED) is 0.763. The van der Waals surface area contributed by atoms with E-state index in [2.05, 4.69) is 4.99 Å². The van der Waals surface area contributed by atoms with Crippen molar-refractivity contribution in [3.05, 3.63) is 57.2 Å². The first-order valence-electron chi connectivity index (χ1n) is 6.79. The van der Waals surface area contributed by atoms with E-state index < -0.39 is 0 Å². The molecule has 0 aliphatic carbocycles. The molecule has 22 heavy (non-hydrogen) atoms. The molecule has 1 unspecified atom stereocenters. The molecule has 6 heteroatoms. The van der Waals surface area contributed by atoms with Crippen LogP contribution >= 0.6 is 23.4 Å². The number of carbonyl (C=O) groups excluding carboxylic acids is 1. The van der Waals surface area contributed by atoms with Gasteiger partial charge < -0.3 is 9.64 Å². The van der Waals surface area contributed by atoms with E-state index in [0.29, 0.717) is 16.3 Å². The van der Waals surface area contributed by atoms with Gasteiger partial charge in [0.2, 0.25) is 0 Å². The van der Waals surface area contributed by atoms with Crippen LogP contribution in [-0.2, 0) is 9.53 Å². The van der Waals surface area contributed by atoms with Crippen molar-refractivity contribution in [2.75, 3.05) is 7.11 Å². The minimum atomic E-state index is -0.380. The number of methoxy groups -OCH3 is 1. The molecule has 0 bridgehead atoms. The summed E-state index contributed by atoms with van der Waals surface area (Å²) >= 11 is 7.94. The molecule has 2 aliphatic heterocycles. The van der Waals surface area contributed by atoms with Crippen LogP contribution in [-0.4, -0.2) is 23.1 Å². The van der Waals surface area contributed by atoms with Crippen LogP contribution in [0.4, 0.5) is 0 Å². The van der Waals surface area contributed by atoms with Gasteiger partial charge in [0.25, 0.3) is 0 Å². The smallest absolute Gasteiger partial charge is 0.338 e. The Bertz CT molecular complexity index is 739. The maximum absolute atomic E-state index is 12.3. The molecule has 2 heterocycles. The number of aliphatic imine (C=N–C) groups is 1. The number of carbonyl (C=O) groups is 1. The summed E-state index contributed by atoms with van der Waals surface area (Å²) in [7, 11) is 1.38. The van der Waals surface area contributed by atoms with Crippen molar-refractivity contribution >= 4 is 34.5 Å². The Morgan fingerprint density at radius 3 is 2.77 bits per heavy atom. The highest BCUT2D eigenvalue weighted by molar-refractivity contribution is 8.16. The summed E-state index contributed by atoms with van der Waals surface area (Å²) < 4.78 is 4.97. The molecule has 2 aliphatic rings. The van der Waals surface area contributed by atoms with Crippen LogP contribution < -0.4 is 0 Å². The average molecular weight is 335 g/mol. The molecule has 0 radical (unpaired) electrons. The summed E-state index contributed by atoms with van der Waals surface area (Å²) in [5, 5.41) is 3.50. The van der Waals surface area contributed by atoms with Crippen molar-refractivity contribution in [1.82, 2.24) is 4.90 Å². The van der Waals surface area contributed by atoms with Gasteiger partial charge in [0.15, 0.2) is 5.17 Å². The Balaban J connectivity index is 2.21. The van der Waals surface area contributed by atoms with Gasteiger partial charge in [-0.15, -0.1) is 0 Å². The molecule has 4 nitrogen and oxygen atoms in total. The van der Waals surface area contributed by atoms with Gasteiger partial charge in [-0.1, -0.05) is 41.6 Å². The van der Waals surface area contributed by atoms with Crippen LogP contribution in [0, 0.1) is 0 Å². The number of allylic oxidation sites excluding steroid dienone is 2. The zero-order chi connectivity index (χ0) is 15.9. The molecule has 0 N–H and O–H groups in total. The van der Waals surface area contributed by atoms with E-state index in [1.807, 2.05) is 48.4 Å². The second-order valence-corrected chi connectivity index (χ2v) is 6.30. The van der Waals surface area contributed by atoms with Crippen LogP contribution in [0.5, 0.6) is 0 Å². The molecule has 1 aromatic carbocycles. The third-order valence-electron chi connectivity index (χ3n) is 3.71. The van der Waals surface area contributed by atoms with Crippen molar-refractivity contribution in [2.24, 2.45) is 4.99 Å². The number of amidine groups is 1. The van der Waals surface area contributed by atoms with Crippen molar-refractivity contribution in [3.8, 4) is 0 Å². The molecule has 1 atom stereocenters. The highest BCUT2D eigenvalue weighted by atomic mass is 35.5. The van der Waals surface area contributed by atoms with Crippen molar-refractivity contribution < 1.29 is 9.53 Å². The van der Waals surface area contributed by atoms with E-state index in [1.54, 1.807) is 11.8 Å². The predicted molar refractivity (Wildman–Crippen MR) is 89.5 cm³/mol. The van der Waals surface area contributed by atoms with Gasteiger partial charge >= 0.3 is 5.97 Å². The summed E-state index contributed by atoms with van der Waals surface area (Å²) in [6, 6.07) is 7.23. The molecule has 0 amide bonds. The maximum atomic E-state index is 12.3. The molecule has 0 saturated carbocycles. The maximum Gasteiger partial charge on any atom is 0.338 e. The zero-order valence-corrected chi connectivity index (χ0v) is 14.0. The minimum absolute atomic E-state index is 0.320. The van der Waals surface area contributed by atoms with Gasteiger partial charge in [-0.25, -0.2) is 9.79 Å². The van der Waals surface area contributed by atoms with E-state index in [0.717, 1.165) is 16.4 Å². The lowest BCUT2D eigenvalue weighted by molar-refractivity contribution is -0.136. The van der Waals surface area contributed by atoms with Crippen molar-refractivity contribution in [2.45, 2.75) is 19.9 Å². The van der Waals surface area contributed by atoms with Crippen molar-refractivity contribution in [1.29, 1.82) is 0 Å². The van der Waals surface area contributed by atoms with Gasteiger partial charge in [-0.05, 0) is 30.9 Å². The Hall–Kier alpha value is -1.72. The number of rotatable bonds is 2. The third kappa shape index (κ3) is 2.34. The molecule has 0 spiro atoms. The third-order valence-corrected chi connectivity index (χ3v) is 5.01. The number of fused-ring (bicyclic) bond motifs is 1. The summed E-state index contributed by atoms with van der Waals surface area (Å²) in [5.74, 6) is -0.380. The molecule has 3 rings (SSSR count). The van der Waals surface area contributed by atoms with E-state index in [4.69, 9.17) is 16.3 Å². The van der Waals surface area contributed by atoms with Crippen LogP contribution in [0.25, 0.3) is 0 Å². The first-order valence-corrected chi connectivity index (χ1v) is 8.05. The molecular formula is C16H15ClN2O2S. The molecule has 0 saturated heterocycles. The number of benzene rings is 1.